The molecule has 0 aliphatic heterocycles. The SMILES string of the molecule is CCn1cc(C(=O)NCc2ccccn2)c(=O)c2cc(OC)ccc21. The van der Waals surface area contributed by atoms with Crippen LogP contribution in [0.25, 0.3) is 10.9 Å². The first kappa shape index (κ1) is 16.7. The summed E-state index contributed by atoms with van der Waals surface area (Å²) in [4.78, 5) is 29.5. The van der Waals surface area contributed by atoms with E-state index >= 15 is 0 Å². The predicted molar refractivity (Wildman–Crippen MR) is 95.8 cm³/mol. The highest BCUT2D eigenvalue weighted by Crippen LogP contribution is 2.19. The quantitative estimate of drug-likeness (QED) is 0.776. The van der Waals surface area contributed by atoms with Gasteiger partial charge >= 0.3 is 0 Å². The first-order valence-electron chi connectivity index (χ1n) is 8.03. The normalized spacial score (nSPS) is 10.6. The molecule has 0 aliphatic carbocycles. The van der Waals surface area contributed by atoms with Crippen molar-refractivity contribution < 1.29 is 9.53 Å². The maximum absolute atomic E-state index is 12.8. The Hall–Kier alpha value is -3.15. The van der Waals surface area contributed by atoms with Crippen molar-refractivity contribution in [3.05, 3.63) is 70.3 Å². The number of fused-ring (bicyclic) bond motifs is 1. The van der Waals surface area contributed by atoms with Crippen molar-refractivity contribution >= 4 is 16.8 Å². The lowest BCUT2D eigenvalue weighted by atomic mass is 10.1. The summed E-state index contributed by atoms with van der Waals surface area (Å²) in [5, 5.41) is 3.22. The van der Waals surface area contributed by atoms with Gasteiger partial charge in [0.05, 0.1) is 30.3 Å². The van der Waals surface area contributed by atoms with E-state index in [-0.39, 0.29) is 17.5 Å². The summed E-state index contributed by atoms with van der Waals surface area (Å²) in [5.41, 5.74) is 1.30. The summed E-state index contributed by atoms with van der Waals surface area (Å²) in [5.74, 6) is 0.167. The molecule has 0 atom stereocenters. The topological polar surface area (TPSA) is 73.2 Å². The summed E-state index contributed by atoms with van der Waals surface area (Å²) < 4.78 is 7.08. The number of carbonyl (C=O) groups excluding carboxylic acids is 1. The smallest absolute Gasteiger partial charge is 0.257 e. The van der Waals surface area contributed by atoms with Crippen LogP contribution in [0.5, 0.6) is 5.75 Å². The number of pyridine rings is 2. The molecule has 6 heteroatoms. The van der Waals surface area contributed by atoms with Gasteiger partial charge in [0.25, 0.3) is 5.91 Å². The van der Waals surface area contributed by atoms with Gasteiger partial charge in [0.15, 0.2) is 0 Å². The lowest BCUT2D eigenvalue weighted by molar-refractivity contribution is 0.0949. The van der Waals surface area contributed by atoms with Gasteiger partial charge in [0, 0.05) is 18.9 Å². The number of ether oxygens (including phenoxy) is 1. The number of aryl methyl sites for hydroxylation is 1. The standard InChI is InChI=1S/C19H19N3O3/c1-3-22-12-16(19(24)21-11-13-6-4-5-9-20-13)18(23)15-10-14(25-2)7-8-17(15)22/h4-10,12H,3,11H2,1-2H3,(H,21,24). The van der Waals surface area contributed by atoms with Crippen molar-refractivity contribution in [2.45, 2.75) is 20.0 Å². The highest BCUT2D eigenvalue weighted by molar-refractivity contribution is 5.97. The van der Waals surface area contributed by atoms with E-state index in [9.17, 15) is 9.59 Å². The fourth-order valence-corrected chi connectivity index (χ4v) is 2.70. The van der Waals surface area contributed by atoms with Crippen LogP contribution in [0.4, 0.5) is 0 Å². The first-order chi connectivity index (χ1) is 12.1. The van der Waals surface area contributed by atoms with Crippen LogP contribution in [-0.4, -0.2) is 22.6 Å². The van der Waals surface area contributed by atoms with E-state index in [0.717, 1.165) is 11.2 Å². The van der Waals surface area contributed by atoms with Crippen molar-refractivity contribution in [3.63, 3.8) is 0 Å². The number of carbonyl (C=O) groups is 1. The van der Waals surface area contributed by atoms with Crippen LogP contribution in [0.1, 0.15) is 23.0 Å². The Morgan fingerprint density at radius 3 is 2.80 bits per heavy atom. The molecule has 0 radical (unpaired) electrons. The van der Waals surface area contributed by atoms with Crippen LogP contribution >= 0.6 is 0 Å². The third-order valence-electron chi connectivity index (χ3n) is 4.03. The monoisotopic (exact) mass is 337 g/mol. The van der Waals surface area contributed by atoms with Gasteiger partial charge in [0.2, 0.25) is 5.43 Å². The molecule has 1 amide bonds. The zero-order valence-corrected chi connectivity index (χ0v) is 14.2. The maximum Gasteiger partial charge on any atom is 0.257 e. The van der Waals surface area contributed by atoms with Gasteiger partial charge in [-0.05, 0) is 37.3 Å². The Bertz CT molecular complexity index is 965. The van der Waals surface area contributed by atoms with Crippen LogP contribution in [0.3, 0.4) is 0 Å². The fraction of sp³-hybridized carbons (Fsp3) is 0.211. The van der Waals surface area contributed by atoms with Gasteiger partial charge in [-0.15, -0.1) is 0 Å². The molecule has 0 saturated heterocycles. The van der Waals surface area contributed by atoms with Gasteiger partial charge < -0.3 is 14.6 Å². The largest absolute Gasteiger partial charge is 0.497 e. The summed E-state index contributed by atoms with van der Waals surface area (Å²) >= 11 is 0. The van der Waals surface area contributed by atoms with E-state index in [1.165, 1.54) is 0 Å². The van der Waals surface area contributed by atoms with Crippen molar-refractivity contribution in [1.29, 1.82) is 0 Å². The van der Waals surface area contributed by atoms with Gasteiger partial charge in [-0.25, -0.2) is 0 Å². The number of hydrogen-bond donors (Lipinski definition) is 1. The van der Waals surface area contributed by atoms with Crippen molar-refractivity contribution in [1.82, 2.24) is 14.9 Å². The van der Waals surface area contributed by atoms with E-state index in [1.807, 2.05) is 35.8 Å². The average Bonchev–Trinajstić information content (AvgIpc) is 2.67. The van der Waals surface area contributed by atoms with Gasteiger partial charge in [-0.1, -0.05) is 6.07 Å². The minimum atomic E-state index is -0.414. The molecule has 3 rings (SSSR count). The fourth-order valence-electron chi connectivity index (χ4n) is 2.70. The Balaban J connectivity index is 1.98. The van der Waals surface area contributed by atoms with E-state index in [2.05, 4.69) is 10.3 Å². The van der Waals surface area contributed by atoms with E-state index in [1.54, 1.807) is 31.6 Å². The summed E-state index contributed by atoms with van der Waals surface area (Å²) in [6.45, 7) is 2.87. The highest BCUT2D eigenvalue weighted by atomic mass is 16.5. The van der Waals surface area contributed by atoms with E-state index in [0.29, 0.717) is 17.7 Å². The van der Waals surface area contributed by atoms with Crippen LogP contribution < -0.4 is 15.5 Å². The second-order valence-corrected chi connectivity index (χ2v) is 5.54. The number of nitrogens with zero attached hydrogens (tertiary/aromatic N) is 2. The second kappa shape index (κ2) is 7.17. The number of amides is 1. The molecule has 0 saturated carbocycles. The van der Waals surface area contributed by atoms with Crippen LogP contribution in [0, 0.1) is 0 Å². The van der Waals surface area contributed by atoms with Crippen LogP contribution in [0.15, 0.2) is 53.6 Å². The number of aromatic nitrogens is 2. The van der Waals surface area contributed by atoms with Gasteiger partial charge in [0.1, 0.15) is 11.3 Å². The number of rotatable bonds is 5. The molecule has 2 aromatic heterocycles. The lowest BCUT2D eigenvalue weighted by Crippen LogP contribution is -2.29. The Morgan fingerprint density at radius 2 is 2.12 bits per heavy atom. The highest BCUT2D eigenvalue weighted by Gasteiger charge is 2.15. The molecular formula is C19H19N3O3. The van der Waals surface area contributed by atoms with Crippen LogP contribution in [0.2, 0.25) is 0 Å². The summed E-state index contributed by atoms with van der Waals surface area (Å²) in [7, 11) is 1.54. The van der Waals surface area contributed by atoms with Crippen molar-refractivity contribution in [2.24, 2.45) is 0 Å². The van der Waals surface area contributed by atoms with E-state index < -0.39 is 5.91 Å². The third kappa shape index (κ3) is 3.38. The molecule has 0 spiro atoms. The molecule has 0 unspecified atom stereocenters. The van der Waals surface area contributed by atoms with Crippen LogP contribution in [-0.2, 0) is 13.1 Å². The third-order valence-corrected chi connectivity index (χ3v) is 4.03. The van der Waals surface area contributed by atoms with Crippen molar-refractivity contribution in [3.8, 4) is 5.75 Å². The van der Waals surface area contributed by atoms with Gasteiger partial charge in [-0.2, -0.15) is 0 Å². The Labute approximate surface area is 145 Å². The number of benzene rings is 1. The van der Waals surface area contributed by atoms with E-state index in [4.69, 9.17) is 4.74 Å². The first-order valence-corrected chi connectivity index (χ1v) is 8.03. The minimum Gasteiger partial charge on any atom is -0.497 e. The van der Waals surface area contributed by atoms with Crippen molar-refractivity contribution in [2.75, 3.05) is 7.11 Å². The molecule has 1 aromatic carbocycles. The molecular weight excluding hydrogens is 318 g/mol. The zero-order valence-electron chi connectivity index (χ0n) is 14.2. The summed E-state index contributed by atoms with van der Waals surface area (Å²) in [6.07, 6.45) is 3.26. The summed E-state index contributed by atoms with van der Waals surface area (Å²) in [6, 6.07) is 10.8. The average molecular weight is 337 g/mol. The lowest BCUT2D eigenvalue weighted by Gasteiger charge is -2.12. The Morgan fingerprint density at radius 1 is 1.28 bits per heavy atom. The molecule has 1 N–H and O–H groups in total. The maximum atomic E-state index is 12.8. The number of nitrogens with one attached hydrogen (secondary N) is 1. The molecule has 0 aliphatic rings. The molecule has 0 fully saturated rings. The zero-order chi connectivity index (χ0) is 17.8. The molecule has 2 heterocycles. The molecule has 3 aromatic rings. The number of hydrogen-bond acceptors (Lipinski definition) is 4. The molecule has 0 bridgehead atoms. The Kier molecular flexibility index (Phi) is 4.79. The molecule has 25 heavy (non-hydrogen) atoms. The predicted octanol–water partition coefficient (Wildman–Crippen LogP) is 2.36. The second-order valence-electron chi connectivity index (χ2n) is 5.54. The molecule has 128 valence electrons. The minimum absolute atomic E-state index is 0.110. The molecule has 6 nitrogen and oxygen atoms in total. The number of methoxy groups -OCH3 is 1. The van der Waals surface area contributed by atoms with Gasteiger partial charge in [-0.3, -0.25) is 14.6 Å².